The van der Waals surface area contributed by atoms with Gasteiger partial charge in [0.25, 0.3) is 0 Å². The van der Waals surface area contributed by atoms with Crippen LogP contribution in [-0.4, -0.2) is 6.54 Å². The number of rotatable bonds is 3. The number of anilines is 2. The fourth-order valence-electron chi connectivity index (χ4n) is 2.54. The SMILES string of the molecule is CC1CCCC1CNc1ccc(N)c(C#N)c1. The summed E-state index contributed by atoms with van der Waals surface area (Å²) in [4.78, 5) is 0. The van der Waals surface area contributed by atoms with Crippen molar-refractivity contribution in [2.24, 2.45) is 11.8 Å². The molecule has 0 spiro atoms. The fraction of sp³-hybridized carbons (Fsp3) is 0.500. The Morgan fingerprint density at radius 3 is 2.94 bits per heavy atom. The third-order valence-corrected chi connectivity index (χ3v) is 3.78. The maximum atomic E-state index is 8.91. The molecule has 3 heteroatoms. The van der Waals surface area contributed by atoms with Gasteiger partial charge in [-0.1, -0.05) is 19.8 Å². The van der Waals surface area contributed by atoms with Crippen molar-refractivity contribution in [3.63, 3.8) is 0 Å². The van der Waals surface area contributed by atoms with E-state index in [0.717, 1.165) is 24.1 Å². The summed E-state index contributed by atoms with van der Waals surface area (Å²) in [6.07, 6.45) is 4.00. The first kappa shape index (κ1) is 11.8. The number of benzene rings is 1. The quantitative estimate of drug-likeness (QED) is 0.783. The largest absolute Gasteiger partial charge is 0.398 e. The second-order valence-electron chi connectivity index (χ2n) is 4.96. The highest BCUT2D eigenvalue weighted by Gasteiger charge is 2.22. The molecule has 0 bridgehead atoms. The van der Waals surface area contributed by atoms with Gasteiger partial charge in [-0.2, -0.15) is 5.26 Å². The second-order valence-corrected chi connectivity index (χ2v) is 4.96. The molecule has 0 heterocycles. The molecule has 1 aliphatic carbocycles. The minimum Gasteiger partial charge on any atom is -0.398 e. The van der Waals surface area contributed by atoms with Gasteiger partial charge >= 0.3 is 0 Å². The summed E-state index contributed by atoms with van der Waals surface area (Å²) in [6, 6.07) is 7.67. The van der Waals surface area contributed by atoms with Gasteiger partial charge in [-0.15, -0.1) is 0 Å². The molecule has 3 nitrogen and oxygen atoms in total. The summed E-state index contributed by atoms with van der Waals surface area (Å²) in [5, 5.41) is 12.3. The molecule has 0 aliphatic heterocycles. The minimum atomic E-state index is 0.548. The lowest BCUT2D eigenvalue weighted by molar-refractivity contribution is 0.439. The van der Waals surface area contributed by atoms with Crippen LogP contribution in [0.4, 0.5) is 11.4 Å². The topological polar surface area (TPSA) is 61.8 Å². The molecule has 2 atom stereocenters. The standard InChI is InChI=1S/C14H19N3/c1-10-3-2-4-11(10)9-17-13-5-6-14(16)12(7-13)8-15/h5-7,10-11,17H,2-4,9,16H2,1H3. The van der Waals surface area contributed by atoms with Gasteiger partial charge < -0.3 is 11.1 Å². The average Bonchev–Trinajstić information content (AvgIpc) is 2.74. The number of hydrogen-bond acceptors (Lipinski definition) is 3. The molecule has 1 aliphatic rings. The highest BCUT2D eigenvalue weighted by atomic mass is 14.9. The predicted molar refractivity (Wildman–Crippen MR) is 70.6 cm³/mol. The number of nitrogens with zero attached hydrogens (tertiary/aromatic N) is 1. The van der Waals surface area contributed by atoms with Crippen LogP contribution in [-0.2, 0) is 0 Å². The maximum Gasteiger partial charge on any atom is 0.101 e. The van der Waals surface area contributed by atoms with Crippen LogP contribution in [0.5, 0.6) is 0 Å². The Bertz CT molecular complexity index is 434. The van der Waals surface area contributed by atoms with Crippen LogP contribution in [0.15, 0.2) is 18.2 Å². The predicted octanol–water partition coefficient (Wildman–Crippen LogP) is 2.99. The molecule has 17 heavy (non-hydrogen) atoms. The van der Waals surface area contributed by atoms with Gasteiger partial charge in [-0.3, -0.25) is 0 Å². The molecule has 0 radical (unpaired) electrons. The third kappa shape index (κ3) is 2.71. The van der Waals surface area contributed by atoms with Crippen LogP contribution < -0.4 is 11.1 Å². The highest BCUT2D eigenvalue weighted by Crippen LogP contribution is 2.31. The molecule has 0 aromatic heterocycles. The van der Waals surface area contributed by atoms with Crippen molar-refractivity contribution in [3.05, 3.63) is 23.8 Å². The number of nitriles is 1. The van der Waals surface area contributed by atoms with Crippen LogP contribution in [0.2, 0.25) is 0 Å². The molecular formula is C14H19N3. The van der Waals surface area contributed by atoms with Gasteiger partial charge in [-0.25, -0.2) is 0 Å². The zero-order chi connectivity index (χ0) is 12.3. The minimum absolute atomic E-state index is 0.548. The van der Waals surface area contributed by atoms with Crippen molar-refractivity contribution in [1.29, 1.82) is 5.26 Å². The Balaban J connectivity index is 1.97. The molecule has 1 fully saturated rings. The lowest BCUT2D eigenvalue weighted by Gasteiger charge is -2.17. The molecule has 2 unspecified atom stereocenters. The molecule has 90 valence electrons. The number of hydrogen-bond donors (Lipinski definition) is 2. The van der Waals surface area contributed by atoms with Gasteiger partial charge in [0.05, 0.1) is 5.56 Å². The summed E-state index contributed by atoms with van der Waals surface area (Å²) >= 11 is 0. The molecular weight excluding hydrogens is 210 g/mol. The van der Waals surface area contributed by atoms with E-state index in [1.807, 2.05) is 12.1 Å². The highest BCUT2D eigenvalue weighted by molar-refractivity contribution is 5.61. The van der Waals surface area contributed by atoms with Crippen molar-refractivity contribution in [3.8, 4) is 6.07 Å². The average molecular weight is 229 g/mol. The molecule has 2 rings (SSSR count). The smallest absolute Gasteiger partial charge is 0.101 e. The van der Waals surface area contributed by atoms with E-state index in [0.29, 0.717) is 11.3 Å². The maximum absolute atomic E-state index is 8.91. The van der Waals surface area contributed by atoms with E-state index < -0.39 is 0 Å². The molecule has 1 aromatic carbocycles. The van der Waals surface area contributed by atoms with Crippen LogP contribution >= 0.6 is 0 Å². The van der Waals surface area contributed by atoms with Gasteiger partial charge in [0.15, 0.2) is 0 Å². The molecule has 3 N–H and O–H groups in total. The summed E-state index contributed by atoms with van der Waals surface area (Å²) in [7, 11) is 0. The van der Waals surface area contributed by atoms with E-state index in [4.69, 9.17) is 11.0 Å². The number of nitrogen functional groups attached to an aromatic ring is 1. The van der Waals surface area contributed by atoms with Crippen molar-refractivity contribution in [2.75, 3.05) is 17.6 Å². The van der Waals surface area contributed by atoms with E-state index in [2.05, 4.69) is 18.3 Å². The Hall–Kier alpha value is -1.69. The second kappa shape index (κ2) is 5.09. The Labute approximate surface area is 103 Å². The van der Waals surface area contributed by atoms with Crippen molar-refractivity contribution in [2.45, 2.75) is 26.2 Å². The first-order chi connectivity index (χ1) is 8.20. The van der Waals surface area contributed by atoms with E-state index in [1.165, 1.54) is 19.3 Å². The lowest BCUT2D eigenvalue weighted by atomic mass is 9.98. The Morgan fingerprint density at radius 1 is 1.47 bits per heavy atom. The van der Waals surface area contributed by atoms with Gasteiger partial charge in [0, 0.05) is 17.9 Å². The Kier molecular flexibility index (Phi) is 3.53. The molecule has 0 amide bonds. The zero-order valence-corrected chi connectivity index (χ0v) is 10.2. The first-order valence-corrected chi connectivity index (χ1v) is 6.24. The third-order valence-electron chi connectivity index (χ3n) is 3.78. The van der Waals surface area contributed by atoms with Crippen LogP contribution in [0.3, 0.4) is 0 Å². The summed E-state index contributed by atoms with van der Waals surface area (Å²) in [5.41, 5.74) is 7.78. The van der Waals surface area contributed by atoms with Crippen molar-refractivity contribution < 1.29 is 0 Å². The van der Waals surface area contributed by atoms with Crippen molar-refractivity contribution in [1.82, 2.24) is 0 Å². The molecule has 0 saturated heterocycles. The lowest BCUT2D eigenvalue weighted by Crippen LogP contribution is -2.16. The first-order valence-electron chi connectivity index (χ1n) is 6.24. The van der Waals surface area contributed by atoms with E-state index >= 15 is 0 Å². The molecule has 1 aromatic rings. The van der Waals surface area contributed by atoms with Crippen LogP contribution in [0.25, 0.3) is 0 Å². The van der Waals surface area contributed by atoms with Crippen LogP contribution in [0, 0.1) is 23.2 Å². The molecule has 1 saturated carbocycles. The number of nitrogens with one attached hydrogen (secondary N) is 1. The normalized spacial score (nSPS) is 23.3. The number of nitrogens with two attached hydrogens (primary N) is 1. The summed E-state index contributed by atoms with van der Waals surface area (Å²) in [5.74, 6) is 1.57. The van der Waals surface area contributed by atoms with Crippen molar-refractivity contribution >= 4 is 11.4 Å². The zero-order valence-electron chi connectivity index (χ0n) is 10.2. The van der Waals surface area contributed by atoms with E-state index in [1.54, 1.807) is 6.07 Å². The van der Waals surface area contributed by atoms with Gasteiger partial charge in [0.2, 0.25) is 0 Å². The van der Waals surface area contributed by atoms with Gasteiger partial charge in [0.1, 0.15) is 6.07 Å². The van der Waals surface area contributed by atoms with Crippen LogP contribution in [0.1, 0.15) is 31.7 Å². The van der Waals surface area contributed by atoms with Gasteiger partial charge in [-0.05, 0) is 36.5 Å². The van der Waals surface area contributed by atoms with E-state index in [-0.39, 0.29) is 0 Å². The summed E-state index contributed by atoms with van der Waals surface area (Å²) < 4.78 is 0. The van der Waals surface area contributed by atoms with E-state index in [9.17, 15) is 0 Å². The Morgan fingerprint density at radius 2 is 2.29 bits per heavy atom. The fourth-order valence-corrected chi connectivity index (χ4v) is 2.54. The monoisotopic (exact) mass is 229 g/mol. The summed E-state index contributed by atoms with van der Waals surface area (Å²) in [6.45, 7) is 3.32.